The average molecular weight is 705 g/mol. The minimum Gasteiger partial charge on any atom is -0.374 e. The molecule has 13 heteroatoms. The zero-order valence-electron chi connectivity index (χ0n) is 33.0. The summed E-state index contributed by atoms with van der Waals surface area (Å²) >= 11 is 0. The highest BCUT2D eigenvalue weighted by atomic mass is 16.5. The second kappa shape index (κ2) is 48.9. The maximum atomic E-state index is 10.6. The molecule has 0 unspecified atom stereocenters. The highest BCUT2D eigenvalue weighted by Gasteiger charge is 1.95. The maximum Gasteiger partial charge on any atom is 0.219 e. The van der Waals surface area contributed by atoms with Gasteiger partial charge in [-0.2, -0.15) is 0 Å². The minimum absolute atomic E-state index is 0.0384. The first kappa shape index (κ1) is 57.8. The van der Waals surface area contributed by atoms with Crippen LogP contribution >= 0.6 is 0 Å². The second-order valence-corrected chi connectivity index (χ2v) is 10.8. The van der Waals surface area contributed by atoms with Crippen molar-refractivity contribution in [1.82, 2.24) is 21.3 Å². The fourth-order valence-corrected chi connectivity index (χ4v) is 2.30. The largest absolute Gasteiger partial charge is 0.374 e. The van der Waals surface area contributed by atoms with E-state index in [9.17, 15) is 38.4 Å². The predicted molar refractivity (Wildman–Crippen MR) is 197 cm³/mol. The van der Waals surface area contributed by atoms with Crippen molar-refractivity contribution in [3.63, 3.8) is 0 Å². The van der Waals surface area contributed by atoms with Gasteiger partial charge >= 0.3 is 0 Å². The lowest BCUT2D eigenvalue weighted by atomic mass is 10.2. The lowest BCUT2D eigenvalue weighted by molar-refractivity contribution is -0.122. The van der Waals surface area contributed by atoms with Gasteiger partial charge in [0.15, 0.2) is 5.78 Å². The van der Waals surface area contributed by atoms with E-state index in [1.165, 1.54) is 27.7 Å². The molecule has 0 rings (SSSR count). The number of hydrogen-bond acceptors (Lipinski definition) is 9. The SMILES string of the molecule is CC(=O)CCCNC(C)=O.CC(=O)CCNC(C)=O.CCC(C)=O.CCCCNC(=O)CC.CCCNC(=O)CC.CCCOCC(C)=O. The van der Waals surface area contributed by atoms with Crippen LogP contribution in [0.25, 0.3) is 0 Å². The summed E-state index contributed by atoms with van der Waals surface area (Å²) in [6.45, 7) is 24.5. The molecular weight excluding hydrogens is 632 g/mol. The van der Waals surface area contributed by atoms with Crippen LogP contribution in [0.4, 0.5) is 0 Å². The molecule has 0 saturated heterocycles. The monoisotopic (exact) mass is 705 g/mol. The molecule has 0 spiro atoms. The Hall–Kier alpha value is -3.48. The molecule has 0 atom stereocenters. The number of ketones is 4. The number of ether oxygens (including phenoxy) is 1. The van der Waals surface area contributed by atoms with Crippen LogP contribution in [0.2, 0.25) is 0 Å². The van der Waals surface area contributed by atoms with Gasteiger partial charge in [0.2, 0.25) is 23.6 Å². The topological polar surface area (TPSA) is 194 Å². The van der Waals surface area contributed by atoms with E-state index in [1.54, 1.807) is 13.8 Å². The first-order valence-electron chi connectivity index (χ1n) is 17.5. The highest BCUT2D eigenvalue weighted by molar-refractivity contribution is 5.78. The van der Waals surface area contributed by atoms with E-state index in [1.807, 2.05) is 34.6 Å². The minimum atomic E-state index is -0.0868. The van der Waals surface area contributed by atoms with E-state index in [2.05, 4.69) is 28.2 Å². The Morgan fingerprint density at radius 3 is 1.18 bits per heavy atom. The van der Waals surface area contributed by atoms with Crippen molar-refractivity contribution in [2.75, 3.05) is 39.4 Å². The molecule has 4 amide bonds. The van der Waals surface area contributed by atoms with Crippen LogP contribution in [0, 0.1) is 0 Å². The summed E-state index contributed by atoms with van der Waals surface area (Å²) in [5, 5.41) is 10.7. The standard InChI is InChI=1S/C7H13NO2.C7H15NO.C6H11NO2.C6H13NO.C6H12O2.C4H8O/c1-6(9)4-3-5-8-7(2)10;1-3-5-6-8-7(9)4-2;1-5(8)3-4-7-6(2)9;1-3-5-7-6(8)4-2;1-3-4-8-5-6(2)7;1-3-4(2)5/h3-5H2,1-2H3,(H,8,10);3-6H2,1-2H3,(H,8,9);3-4H2,1-2H3,(H,7,9);3-5H2,1-2H3,(H,7,8);3-5H2,1-2H3;3H2,1-2H3. The number of carbonyl (C=O) groups is 8. The number of hydrogen-bond donors (Lipinski definition) is 4. The van der Waals surface area contributed by atoms with Crippen LogP contribution < -0.4 is 21.3 Å². The summed E-state index contributed by atoms with van der Waals surface area (Å²) in [7, 11) is 0. The summed E-state index contributed by atoms with van der Waals surface area (Å²) in [5.41, 5.74) is 0. The molecular formula is C36H72N4O9. The van der Waals surface area contributed by atoms with Crippen LogP contribution in [0.3, 0.4) is 0 Å². The van der Waals surface area contributed by atoms with Crippen molar-refractivity contribution in [1.29, 1.82) is 0 Å². The van der Waals surface area contributed by atoms with Gasteiger partial charge < -0.3 is 35.6 Å². The number of rotatable bonds is 19. The van der Waals surface area contributed by atoms with E-state index in [-0.39, 0.29) is 53.4 Å². The third-order valence-electron chi connectivity index (χ3n) is 5.15. The Morgan fingerprint density at radius 1 is 0.429 bits per heavy atom. The van der Waals surface area contributed by atoms with Crippen LogP contribution in [0.1, 0.15) is 147 Å². The average Bonchev–Trinajstić information content (AvgIpc) is 3.03. The summed E-state index contributed by atoms with van der Waals surface area (Å²) in [5.74, 6) is 0.799. The molecule has 0 saturated carbocycles. The van der Waals surface area contributed by atoms with Gasteiger partial charge in [-0.05, 0) is 53.4 Å². The fourth-order valence-electron chi connectivity index (χ4n) is 2.30. The Balaban J connectivity index is -0.000000114. The number of carbonyl (C=O) groups excluding carboxylic acids is 8. The smallest absolute Gasteiger partial charge is 0.219 e. The molecule has 0 aliphatic carbocycles. The van der Waals surface area contributed by atoms with Crippen molar-refractivity contribution in [3.8, 4) is 0 Å². The summed E-state index contributed by atoms with van der Waals surface area (Å²) in [6, 6.07) is 0. The molecule has 0 fully saturated rings. The lowest BCUT2D eigenvalue weighted by Crippen LogP contribution is -2.22. The molecule has 0 heterocycles. The van der Waals surface area contributed by atoms with Gasteiger partial charge in [0.1, 0.15) is 24.0 Å². The Labute approximate surface area is 297 Å². The Kier molecular flexibility index (Phi) is 57.7. The molecule has 0 aromatic rings. The first-order valence-corrected chi connectivity index (χ1v) is 17.5. The highest BCUT2D eigenvalue weighted by Crippen LogP contribution is 1.87. The van der Waals surface area contributed by atoms with Gasteiger partial charge in [0.25, 0.3) is 0 Å². The number of unbranched alkanes of at least 4 members (excludes halogenated alkanes) is 1. The Bertz CT molecular complexity index is 833. The molecule has 0 radical (unpaired) electrons. The molecule has 4 N–H and O–H groups in total. The number of amides is 4. The number of Topliss-reactive ketones (excluding diaryl/α,β-unsaturated/α-hetero) is 4. The zero-order valence-corrected chi connectivity index (χ0v) is 33.0. The van der Waals surface area contributed by atoms with E-state index in [4.69, 9.17) is 4.74 Å². The zero-order chi connectivity index (χ0) is 39.5. The molecule has 0 bridgehead atoms. The Morgan fingerprint density at radius 2 is 0.857 bits per heavy atom. The molecule has 49 heavy (non-hydrogen) atoms. The summed E-state index contributed by atoms with van der Waals surface area (Å²) in [4.78, 5) is 82.2. The predicted octanol–water partition coefficient (Wildman–Crippen LogP) is 4.82. The molecule has 0 aliphatic rings. The van der Waals surface area contributed by atoms with Crippen molar-refractivity contribution < 1.29 is 43.1 Å². The maximum absolute atomic E-state index is 10.6. The second-order valence-electron chi connectivity index (χ2n) is 10.8. The fraction of sp³-hybridized carbons (Fsp3) is 0.778. The number of nitrogens with one attached hydrogen (secondary N) is 4. The third-order valence-corrected chi connectivity index (χ3v) is 5.15. The molecule has 0 aliphatic heterocycles. The quantitative estimate of drug-likeness (QED) is 0.136. The van der Waals surface area contributed by atoms with Gasteiger partial charge in [-0.25, -0.2) is 0 Å². The van der Waals surface area contributed by atoms with Crippen LogP contribution in [0.15, 0.2) is 0 Å². The van der Waals surface area contributed by atoms with Crippen molar-refractivity contribution >= 4 is 46.8 Å². The van der Waals surface area contributed by atoms with Gasteiger partial charge in [-0.15, -0.1) is 0 Å². The lowest BCUT2D eigenvalue weighted by Gasteiger charge is -1.99. The first-order chi connectivity index (χ1) is 22.9. The van der Waals surface area contributed by atoms with Gasteiger partial charge in [-0.3, -0.25) is 28.8 Å². The normalized spacial score (nSPS) is 8.82. The van der Waals surface area contributed by atoms with Gasteiger partial charge in [-0.1, -0.05) is 48.0 Å². The molecule has 13 nitrogen and oxygen atoms in total. The van der Waals surface area contributed by atoms with Gasteiger partial charge in [0, 0.05) is 78.7 Å². The molecule has 290 valence electrons. The van der Waals surface area contributed by atoms with E-state index in [0.717, 1.165) is 45.2 Å². The van der Waals surface area contributed by atoms with Crippen LogP contribution in [-0.2, 0) is 43.1 Å². The third kappa shape index (κ3) is 92.4. The van der Waals surface area contributed by atoms with Crippen molar-refractivity contribution in [2.24, 2.45) is 0 Å². The molecule has 0 aromatic carbocycles. The van der Waals surface area contributed by atoms with Crippen molar-refractivity contribution in [2.45, 2.75) is 147 Å². The van der Waals surface area contributed by atoms with Crippen molar-refractivity contribution in [3.05, 3.63) is 0 Å². The summed E-state index contributed by atoms with van der Waals surface area (Å²) < 4.78 is 4.89. The van der Waals surface area contributed by atoms with E-state index < -0.39 is 0 Å². The van der Waals surface area contributed by atoms with E-state index >= 15 is 0 Å². The van der Waals surface area contributed by atoms with Crippen LogP contribution in [0.5, 0.6) is 0 Å². The van der Waals surface area contributed by atoms with E-state index in [0.29, 0.717) is 51.8 Å². The van der Waals surface area contributed by atoms with Gasteiger partial charge in [0.05, 0.1) is 0 Å². The molecule has 0 aromatic heterocycles. The summed E-state index contributed by atoms with van der Waals surface area (Å²) in [6.07, 6.45) is 7.83. The van der Waals surface area contributed by atoms with Crippen LogP contribution in [-0.4, -0.2) is 86.2 Å².